The second-order valence-electron chi connectivity index (χ2n) is 6.09. The summed E-state index contributed by atoms with van der Waals surface area (Å²) in [5.74, 6) is 2.05. The number of nitrogens with zero attached hydrogens (tertiary/aromatic N) is 1. The van der Waals surface area contributed by atoms with Crippen LogP contribution in [-0.4, -0.2) is 37.1 Å². The van der Waals surface area contributed by atoms with E-state index in [0.29, 0.717) is 0 Å². The van der Waals surface area contributed by atoms with Gasteiger partial charge in [-0.05, 0) is 70.0 Å². The van der Waals surface area contributed by atoms with Gasteiger partial charge in [-0.3, -0.25) is 4.90 Å². The van der Waals surface area contributed by atoms with Gasteiger partial charge in [-0.25, -0.2) is 0 Å². The predicted molar refractivity (Wildman–Crippen MR) is 67.5 cm³/mol. The van der Waals surface area contributed by atoms with E-state index in [2.05, 4.69) is 10.2 Å². The van der Waals surface area contributed by atoms with Crippen LogP contribution >= 0.6 is 0 Å². The highest BCUT2D eigenvalue weighted by Crippen LogP contribution is 2.37. The summed E-state index contributed by atoms with van der Waals surface area (Å²) in [6.07, 6.45) is 10.3. The minimum absolute atomic E-state index is 0.976. The van der Waals surface area contributed by atoms with Gasteiger partial charge in [-0.15, -0.1) is 0 Å². The Hall–Kier alpha value is -0.0800. The molecule has 3 fully saturated rings. The van der Waals surface area contributed by atoms with E-state index in [4.69, 9.17) is 0 Å². The fourth-order valence-electron chi connectivity index (χ4n) is 4.18. The first kappa shape index (κ1) is 11.0. The number of fused-ring (bicyclic) bond motifs is 1. The third-order valence-corrected chi connectivity index (χ3v) is 5.06. The lowest BCUT2D eigenvalue weighted by Gasteiger charge is -2.40. The van der Waals surface area contributed by atoms with E-state index >= 15 is 0 Å². The molecule has 2 heterocycles. The van der Waals surface area contributed by atoms with Crippen LogP contribution in [0.15, 0.2) is 0 Å². The normalized spacial score (nSPS) is 37.5. The summed E-state index contributed by atoms with van der Waals surface area (Å²) in [7, 11) is 0. The van der Waals surface area contributed by atoms with Crippen LogP contribution in [-0.2, 0) is 0 Å². The van der Waals surface area contributed by atoms with Crippen LogP contribution in [0.2, 0.25) is 0 Å². The Labute approximate surface area is 99.8 Å². The summed E-state index contributed by atoms with van der Waals surface area (Å²) in [6.45, 7) is 5.31. The molecule has 1 aliphatic carbocycles. The Morgan fingerprint density at radius 3 is 2.62 bits per heavy atom. The van der Waals surface area contributed by atoms with Crippen molar-refractivity contribution in [2.45, 2.75) is 51.0 Å². The van der Waals surface area contributed by atoms with Crippen molar-refractivity contribution in [1.29, 1.82) is 0 Å². The Kier molecular flexibility index (Phi) is 3.49. The molecule has 0 amide bonds. The van der Waals surface area contributed by atoms with Gasteiger partial charge in [0.15, 0.2) is 0 Å². The zero-order chi connectivity index (χ0) is 10.8. The largest absolute Gasteiger partial charge is 0.317 e. The van der Waals surface area contributed by atoms with Gasteiger partial charge in [0, 0.05) is 12.6 Å². The third-order valence-electron chi connectivity index (χ3n) is 5.06. The monoisotopic (exact) mass is 222 g/mol. The van der Waals surface area contributed by atoms with Crippen molar-refractivity contribution in [3.05, 3.63) is 0 Å². The molecule has 3 rings (SSSR count). The van der Waals surface area contributed by atoms with Crippen LogP contribution in [0.4, 0.5) is 0 Å². The van der Waals surface area contributed by atoms with Crippen LogP contribution in [0, 0.1) is 11.8 Å². The Balaban J connectivity index is 1.56. The smallest absolute Gasteiger partial charge is 0.0124 e. The minimum Gasteiger partial charge on any atom is -0.317 e. The molecular weight excluding hydrogens is 196 g/mol. The van der Waals surface area contributed by atoms with Gasteiger partial charge in [0.1, 0.15) is 0 Å². The highest BCUT2D eigenvalue weighted by Gasteiger charge is 2.35. The molecule has 0 radical (unpaired) electrons. The maximum absolute atomic E-state index is 3.48. The number of rotatable bonds is 2. The lowest BCUT2D eigenvalue weighted by molar-refractivity contribution is 0.0876. The standard InChI is InChI=1S/C14H26N2/c1-3-13-4-2-10-16(14(13)5-1)11-12-6-8-15-9-7-12/h12-15H,1-11H2. The van der Waals surface area contributed by atoms with Gasteiger partial charge in [-0.1, -0.05) is 6.42 Å². The van der Waals surface area contributed by atoms with Crippen LogP contribution in [0.25, 0.3) is 0 Å². The summed E-state index contributed by atoms with van der Waals surface area (Å²) in [5, 5.41) is 3.48. The molecule has 2 saturated heterocycles. The zero-order valence-corrected chi connectivity index (χ0v) is 10.5. The summed E-state index contributed by atoms with van der Waals surface area (Å²) >= 11 is 0. The van der Waals surface area contributed by atoms with E-state index in [1.54, 1.807) is 0 Å². The summed E-state index contributed by atoms with van der Waals surface area (Å²) in [5.41, 5.74) is 0. The number of hydrogen-bond donors (Lipinski definition) is 1. The summed E-state index contributed by atoms with van der Waals surface area (Å²) in [6, 6.07) is 0.976. The molecule has 0 spiro atoms. The van der Waals surface area contributed by atoms with Crippen LogP contribution in [0.1, 0.15) is 44.9 Å². The van der Waals surface area contributed by atoms with Gasteiger partial charge < -0.3 is 5.32 Å². The van der Waals surface area contributed by atoms with E-state index in [-0.39, 0.29) is 0 Å². The van der Waals surface area contributed by atoms with Crippen molar-refractivity contribution in [3.8, 4) is 0 Å². The average Bonchev–Trinajstić information content (AvgIpc) is 2.80. The zero-order valence-electron chi connectivity index (χ0n) is 10.5. The third kappa shape index (κ3) is 2.28. The van der Waals surface area contributed by atoms with E-state index in [1.807, 2.05) is 0 Å². The fourth-order valence-corrected chi connectivity index (χ4v) is 4.18. The summed E-state index contributed by atoms with van der Waals surface area (Å²) < 4.78 is 0. The number of piperidine rings is 2. The van der Waals surface area contributed by atoms with Crippen molar-refractivity contribution >= 4 is 0 Å². The van der Waals surface area contributed by atoms with Gasteiger partial charge in [0.2, 0.25) is 0 Å². The van der Waals surface area contributed by atoms with Gasteiger partial charge in [-0.2, -0.15) is 0 Å². The van der Waals surface area contributed by atoms with E-state index in [0.717, 1.165) is 17.9 Å². The maximum Gasteiger partial charge on any atom is 0.0124 e. The number of hydrogen-bond acceptors (Lipinski definition) is 2. The van der Waals surface area contributed by atoms with E-state index in [1.165, 1.54) is 71.1 Å². The van der Waals surface area contributed by atoms with Gasteiger partial charge >= 0.3 is 0 Å². The molecule has 2 atom stereocenters. The van der Waals surface area contributed by atoms with Gasteiger partial charge in [0.05, 0.1) is 0 Å². The fraction of sp³-hybridized carbons (Fsp3) is 1.00. The molecule has 0 aromatic rings. The van der Waals surface area contributed by atoms with Crippen molar-refractivity contribution in [3.63, 3.8) is 0 Å². The van der Waals surface area contributed by atoms with Crippen molar-refractivity contribution in [1.82, 2.24) is 10.2 Å². The second kappa shape index (κ2) is 5.05. The molecule has 1 saturated carbocycles. The molecule has 92 valence electrons. The first-order chi connectivity index (χ1) is 7.93. The highest BCUT2D eigenvalue weighted by atomic mass is 15.2. The first-order valence-corrected chi connectivity index (χ1v) is 7.38. The highest BCUT2D eigenvalue weighted by molar-refractivity contribution is 4.90. The predicted octanol–water partition coefficient (Wildman–Crippen LogP) is 2.25. The molecule has 2 unspecified atom stereocenters. The van der Waals surface area contributed by atoms with Crippen LogP contribution in [0.5, 0.6) is 0 Å². The van der Waals surface area contributed by atoms with Gasteiger partial charge in [0.25, 0.3) is 0 Å². The molecule has 3 aliphatic rings. The second-order valence-corrected chi connectivity index (χ2v) is 6.09. The molecule has 0 bridgehead atoms. The molecule has 2 nitrogen and oxygen atoms in total. The quantitative estimate of drug-likeness (QED) is 0.771. The molecule has 2 aliphatic heterocycles. The molecular formula is C14H26N2. The van der Waals surface area contributed by atoms with Crippen molar-refractivity contribution < 1.29 is 0 Å². The van der Waals surface area contributed by atoms with E-state index < -0.39 is 0 Å². The van der Waals surface area contributed by atoms with Crippen molar-refractivity contribution in [2.24, 2.45) is 11.8 Å². The number of likely N-dealkylation sites (tertiary alicyclic amines) is 1. The molecule has 1 N–H and O–H groups in total. The van der Waals surface area contributed by atoms with Crippen molar-refractivity contribution in [2.75, 3.05) is 26.2 Å². The average molecular weight is 222 g/mol. The maximum atomic E-state index is 3.48. The molecule has 0 aromatic heterocycles. The van der Waals surface area contributed by atoms with Crippen LogP contribution in [0.3, 0.4) is 0 Å². The lowest BCUT2D eigenvalue weighted by Crippen LogP contribution is -2.46. The Bertz CT molecular complexity index is 223. The topological polar surface area (TPSA) is 15.3 Å². The Morgan fingerprint density at radius 2 is 1.75 bits per heavy atom. The summed E-state index contributed by atoms with van der Waals surface area (Å²) in [4.78, 5) is 2.86. The molecule has 2 heteroatoms. The lowest BCUT2D eigenvalue weighted by atomic mass is 9.89. The SMILES string of the molecule is C1CC2CCCN(CC3CCNCC3)C2C1. The molecule has 0 aromatic carbocycles. The first-order valence-electron chi connectivity index (χ1n) is 7.38. The van der Waals surface area contributed by atoms with Crippen LogP contribution < -0.4 is 5.32 Å². The number of nitrogens with one attached hydrogen (secondary N) is 1. The molecule has 16 heavy (non-hydrogen) atoms. The minimum atomic E-state index is 0.976. The Morgan fingerprint density at radius 1 is 0.938 bits per heavy atom. The van der Waals surface area contributed by atoms with E-state index in [9.17, 15) is 0 Å².